The minimum atomic E-state index is -0.866. The molecule has 17 heavy (non-hydrogen) atoms. The van der Waals surface area contributed by atoms with Crippen LogP contribution in [0.25, 0.3) is 0 Å². The molecule has 0 aromatic heterocycles. The van der Waals surface area contributed by atoms with Crippen LogP contribution in [0, 0.1) is 5.92 Å². The molecule has 0 radical (unpaired) electrons. The summed E-state index contributed by atoms with van der Waals surface area (Å²) in [5.41, 5.74) is -0.866. The van der Waals surface area contributed by atoms with Crippen molar-refractivity contribution in [2.24, 2.45) is 5.92 Å². The molecule has 4 nitrogen and oxygen atoms in total. The smallest absolute Gasteiger partial charge is 0.324 e. The Morgan fingerprint density at radius 3 is 2.29 bits per heavy atom. The average Bonchev–Trinajstić information content (AvgIpc) is 2.16. The first-order chi connectivity index (χ1) is 7.73. The molecular formula is C13H28N2O2. The van der Waals surface area contributed by atoms with E-state index >= 15 is 0 Å². The molecule has 102 valence electrons. The van der Waals surface area contributed by atoms with E-state index in [0.717, 1.165) is 6.42 Å². The monoisotopic (exact) mass is 244 g/mol. The quantitative estimate of drug-likeness (QED) is 0.683. The molecule has 0 fully saturated rings. The zero-order valence-electron chi connectivity index (χ0n) is 12.1. The van der Waals surface area contributed by atoms with Crippen LogP contribution in [0.2, 0.25) is 0 Å². The number of carboxylic acid groups (broad SMARTS) is 1. The molecule has 0 aromatic carbocycles. The predicted molar refractivity (Wildman–Crippen MR) is 71.3 cm³/mol. The zero-order chi connectivity index (χ0) is 13.6. The lowest BCUT2D eigenvalue weighted by Crippen LogP contribution is -2.57. The van der Waals surface area contributed by atoms with Crippen LogP contribution < -0.4 is 5.32 Å². The molecular weight excluding hydrogens is 216 g/mol. The van der Waals surface area contributed by atoms with Crippen LogP contribution in [0.4, 0.5) is 0 Å². The van der Waals surface area contributed by atoms with Crippen LogP contribution in [0.5, 0.6) is 0 Å². The molecule has 0 spiro atoms. The van der Waals surface area contributed by atoms with Gasteiger partial charge in [-0.3, -0.25) is 4.79 Å². The lowest BCUT2D eigenvalue weighted by atomic mass is 9.99. The Bertz CT molecular complexity index is 244. The van der Waals surface area contributed by atoms with Gasteiger partial charge in [-0.25, -0.2) is 0 Å². The van der Waals surface area contributed by atoms with E-state index < -0.39 is 11.5 Å². The number of rotatable bonds is 8. The van der Waals surface area contributed by atoms with Crippen molar-refractivity contribution in [1.29, 1.82) is 0 Å². The van der Waals surface area contributed by atoms with Crippen molar-refractivity contribution in [3.8, 4) is 0 Å². The fourth-order valence-corrected chi connectivity index (χ4v) is 2.11. The van der Waals surface area contributed by atoms with Crippen molar-refractivity contribution in [1.82, 2.24) is 10.2 Å². The summed E-state index contributed by atoms with van der Waals surface area (Å²) in [5, 5.41) is 12.3. The number of likely N-dealkylation sites (N-methyl/N-ethyl adjacent to an activating group) is 2. The summed E-state index contributed by atoms with van der Waals surface area (Å²) in [5.74, 6) is -0.161. The third kappa shape index (κ3) is 5.50. The van der Waals surface area contributed by atoms with Crippen molar-refractivity contribution in [3.05, 3.63) is 0 Å². The van der Waals surface area contributed by atoms with E-state index in [2.05, 4.69) is 31.0 Å². The van der Waals surface area contributed by atoms with E-state index in [9.17, 15) is 9.90 Å². The van der Waals surface area contributed by atoms with Crippen LogP contribution >= 0.6 is 0 Å². The van der Waals surface area contributed by atoms with Crippen molar-refractivity contribution < 1.29 is 9.90 Å². The minimum absolute atomic E-state index is 0.396. The van der Waals surface area contributed by atoms with Gasteiger partial charge in [0.05, 0.1) is 0 Å². The van der Waals surface area contributed by atoms with E-state index in [-0.39, 0.29) is 0 Å². The van der Waals surface area contributed by atoms with Gasteiger partial charge in [0, 0.05) is 12.6 Å². The van der Waals surface area contributed by atoms with Gasteiger partial charge in [0.15, 0.2) is 0 Å². The molecule has 0 amide bonds. The minimum Gasteiger partial charge on any atom is -0.480 e. The maximum atomic E-state index is 11.3. The lowest BCUT2D eigenvalue weighted by molar-refractivity contribution is -0.145. The molecule has 4 heteroatoms. The second-order valence-electron chi connectivity index (χ2n) is 5.56. The van der Waals surface area contributed by atoms with Crippen molar-refractivity contribution >= 4 is 5.97 Å². The van der Waals surface area contributed by atoms with E-state index in [4.69, 9.17) is 0 Å². The molecule has 2 atom stereocenters. The second kappa shape index (κ2) is 6.97. The summed E-state index contributed by atoms with van der Waals surface area (Å²) in [6.45, 7) is 11.4. The van der Waals surface area contributed by atoms with Crippen LogP contribution in [-0.2, 0) is 4.79 Å². The van der Waals surface area contributed by atoms with Gasteiger partial charge in [-0.2, -0.15) is 0 Å². The highest BCUT2D eigenvalue weighted by Gasteiger charge is 2.34. The van der Waals surface area contributed by atoms with Crippen molar-refractivity contribution in [2.75, 3.05) is 20.1 Å². The summed E-state index contributed by atoms with van der Waals surface area (Å²) in [4.78, 5) is 13.4. The van der Waals surface area contributed by atoms with Gasteiger partial charge in [-0.05, 0) is 39.8 Å². The van der Waals surface area contributed by atoms with Crippen LogP contribution in [0.3, 0.4) is 0 Å². The number of nitrogens with one attached hydrogen (secondary N) is 1. The number of aliphatic carboxylic acids is 1. The maximum Gasteiger partial charge on any atom is 0.324 e. The predicted octanol–water partition coefficient (Wildman–Crippen LogP) is 1.81. The molecule has 0 rings (SSSR count). The van der Waals surface area contributed by atoms with Crippen LogP contribution in [0.1, 0.15) is 41.0 Å². The van der Waals surface area contributed by atoms with Gasteiger partial charge in [-0.15, -0.1) is 0 Å². The number of nitrogens with zero attached hydrogens (tertiary/aromatic N) is 1. The molecule has 0 saturated heterocycles. The Kier molecular flexibility index (Phi) is 6.72. The highest BCUT2D eigenvalue weighted by molar-refractivity contribution is 5.78. The molecule has 0 saturated carbocycles. The van der Waals surface area contributed by atoms with E-state index in [1.54, 1.807) is 6.92 Å². The fourth-order valence-electron chi connectivity index (χ4n) is 2.11. The highest BCUT2D eigenvalue weighted by Crippen LogP contribution is 2.13. The highest BCUT2D eigenvalue weighted by atomic mass is 16.4. The Morgan fingerprint density at radius 2 is 1.94 bits per heavy atom. The maximum absolute atomic E-state index is 11.3. The molecule has 2 unspecified atom stereocenters. The van der Waals surface area contributed by atoms with Crippen LogP contribution in [-0.4, -0.2) is 47.7 Å². The first-order valence-corrected chi connectivity index (χ1v) is 6.41. The van der Waals surface area contributed by atoms with Gasteiger partial charge in [0.25, 0.3) is 0 Å². The van der Waals surface area contributed by atoms with E-state index in [0.29, 0.717) is 25.0 Å². The largest absolute Gasteiger partial charge is 0.480 e. The summed E-state index contributed by atoms with van der Waals surface area (Å²) >= 11 is 0. The fraction of sp³-hybridized carbons (Fsp3) is 0.923. The molecule has 0 aliphatic rings. The van der Waals surface area contributed by atoms with Crippen molar-refractivity contribution in [3.63, 3.8) is 0 Å². The topological polar surface area (TPSA) is 52.6 Å². The molecule has 0 heterocycles. The summed E-state index contributed by atoms with van der Waals surface area (Å²) in [7, 11) is 1.99. The third-order valence-corrected chi connectivity index (χ3v) is 3.17. The average molecular weight is 244 g/mol. The molecule has 2 N–H and O–H groups in total. The molecule has 0 aliphatic heterocycles. The van der Waals surface area contributed by atoms with E-state index in [1.165, 1.54) is 0 Å². The number of carboxylic acids is 1. The van der Waals surface area contributed by atoms with Crippen molar-refractivity contribution in [2.45, 2.75) is 52.6 Å². The Labute approximate surface area is 105 Å². The first kappa shape index (κ1) is 16.4. The molecule has 0 aromatic rings. The van der Waals surface area contributed by atoms with Gasteiger partial charge in [-0.1, -0.05) is 20.8 Å². The SMILES string of the molecule is CCNC(C)(CN(C)C(C)CC(C)C)C(=O)O. The normalized spacial score (nSPS) is 17.2. The van der Waals surface area contributed by atoms with Gasteiger partial charge < -0.3 is 15.3 Å². The summed E-state index contributed by atoms with van der Waals surface area (Å²) in [6, 6.07) is 0.396. The standard InChI is InChI=1S/C13H28N2O2/c1-7-14-13(5,12(16)17)9-15(6)11(4)8-10(2)3/h10-11,14H,7-9H2,1-6H3,(H,16,17). The Hall–Kier alpha value is -0.610. The summed E-state index contributed by atoms with van der Waals surface area (Å²) < 4.78 is 0. The van der Waals surface area contributed by atoms with E-state index in [1.807, 2.05) is 14.0 Å². The second-order valence-corrected chi connectivity index (χ2v) is 5.56. The van der Waals surface area contributed by atoms with Gasteiger partial charge >= 0.3 is 5.97 Å². The molecule has 0 bridgehead atoms. The first-order valence-electron chi connectivity index (χ1n) is 6.41. The van der Waals surface area contributed by atoms with Gasteiger partial charge in [0.1, 0.15) is 5.54 Å². The number of carbonyl (C=O) groups is 1. The van der Waals surface area contributed by atoms with Gasteiger partial charge in [0.2, 0.25) is 0 Å². The lowest BCUT2D eigenvalue weighted by Gasteiger charge is -2.34. The number of hydrogen-bond donors (Lipinski definition) is 2. The number of hydrogen-bond acceptors (Lipinski definition) is 3. The Balaban J connectivity index is 4.50. The Morgan fingerprint density at radius 1 is 1.41 bits per heavy atom. The third-order valence-electron chi connectivity index (χ3n) is 3.17. The zero-order valence-corrected chi connectivity index (χ0v) is 12.1. The molecule has 0 aliphatic carbocycles. The van der Waals surface area contributed by atoms with Crippen LogP contribution in [0.15, 0.2) is 0 Å². The summed E-state index contributed by atoms with van der Waals surface area (Å²) in [6.07, 6.45) is 1.08.